The molecular formula is C19H20ClNO5S2. The molecule has 1 atom stereocenters. The average Bonchev–Trinajstić information content (AvgIpc) is 3.03. The molecule has 1 amide bonds. The Hall–Kier alpha value is -1.77. The van der Waals surface area contributed by atoms with E-state index >= 15 is 0 Å². The molecule has 0 radical (unpaired) electrons. The van der Waals surface area contributed by atoms with E-state index in [1.807, 2.05) is 30.3 Å². The first kappa shape index (κ1) is 21.0. The van der Waals surface area contributed by atoms with Crippen LogP contribution in [0.4, 0.5) is 0 Å². The van der Waals surface area contributed by atoms with Crippen molar-refractivity contribution >= 4 is 55.8 Å². The van der Waals surface area contributed by atoms with Crippen LogP contribution in [-0.4, -0.2) is 62.1 Å². The summed E-state index contributed by atoms with van der Waals surface area (Å²) >= 11 is 7.57. The number of rotatable bonds is 6. The second kappa shape index (κ2) is 8.71. The van der Waals surface area contributed by atoms with Crippen molar-refractivity contribution in [1.82, 2.24) is 4.90 Å². The summed E-state index contributed by atoms with van der Waals surface area (Å²) in [5.74, 6) is -0.845. The fourth-order valence-electron chi connectivity index (χ4n) is 3.09. The lowest BCUT2D eigenvalue weighted by atomic mass is 10.1. The van der Waals surface area contributed by atoms with Gasteiger partial charge in [-0.3, -0.25) is 9.59 Å². The lowest BCUT2D eigenvalue weighted by molar-refractivity contribution is -0.150. The van der Waals surface area contributed by atoms with E-state index in [1.165, 1.54) is 23.7 Å². The van der Waals surface area contributed by atoms with Gasteiger partial charge in [-0.15, -0.1) is 11.8 Å². The van der Waals surface area contributed by atoms with Gasteiger partial charge < -0.3 is 9.64 Å². The third-order valence-corrected chi connectivity index (χ3v) is 7.76. The lowest BCUT2D eigenvalue weighted by Crippen LogP contribution is -2.40. The van der Waals surface area contributed by atoms with E-state index in [9.17, 15) is 18.0 Å². The molecule has 9 heteroatoms. The summed E-state index contributed by atoms with van der Waals surface area (Å²) < 4.78 is 28.1. The Balaban J connectivity index is 1.52. The van der Waals surface area contributed by atoms with Gasteiger partial charge in [-0.05, 0) is 23.9 Å². The van der Waals surface area contributed by atoms with E-state index in [0.29, 0.717) is 11.4 Å². The summed E-state index contributed by atoms with van der Waals surface area (Å²) in [4.78, 5) is 26.4. The number of carbonyl (C=O) groups is 2. The van der Waals surface area contributed by atoms with Crippen LogP contribution in [0.1, 0.15) is 6.42 Å². The normalized spacial score (nSPS) is 18.1. The molecule has 1 unspecified atom stereocenters. The number of ether oxygens (including phenoxy) is 1. The topological polar surface area (TPSA) is 80.8 Å². The van der Waals surface area contributed by atoms with Crippen LogP contribution in [0.3, 0.4) is 0 Å². The SMILES string of the molecule is CN(C(=O)COC(=O)CSc1cccc2cccc(Cl)c12)C1CCS(=O)(=O)C1. The van der Waals surface area contributed by atoms with Crippen molar-refractivity contribution in [1.29, 1.82) is 0 Å². The second-order valence-electron chi connectivity index (χ2n) is 6.60. The number of thioether (sulfide) groups is 1. The number of hydrogen-bond acceptors (Lipinski definition) is 6. The maximum absolute atomic E-state index is 12.2. The van der Waals surface area contributed by atoms with E-state index in [2.05, 4.69) is 0 Å². The van der Waals surface area contributed by atoms with E-state index in [-0.39, 0.29) is 23.3 Å². The second-order valence-corrected chi connectivity index (χ2v) is 10.3. The Morgan fingerprint density at radius 1 is 1.25 bits per heavy atom. The molecule has 1 saturated heterocycles. The fraction of sp³-hybridized carbons (Fsp3) is 0.368. The van der Waals surface area contributed by atoms with Gasteiger partial charge in [0.1, 0.15) is 0 Å². The Morgan fingerprint density at radius 2 is 1.96 bits per heavy atom. The van der Waals surface area contributed by atoms with E-state index in [0.717, 1.165) is 15.7 Å². The number of carbonyl (C=O) groups excluding carboxylic acids is 2. The highest BCUT2D eigenvalue weighted by Crippen LogP contribution is 2.33. The first-order valence-electron chi connectivity index (χ1n) is 8.68. The lowest BCUT2D eigenvalue weighted by Gasteiger charge is -2.23. The molecule has 0 bridgehead atoms. The molecule has 1 heterocycles. The quantitative estimate of drug-likeness (QED) is 0.506. The third-order valence-electron chi connectivity index (χ3n) is 4.67. The molecule has 150 valence electrons. The molecule has 1 fully saturated rings. The van der Waals surface area contributed by atoms with E-state index in [1.54, 1.807) is 6.07 Å². The zero-order valence-corrected chi connectivity index (χ0v) is 17.6. The number of fused-ring (bicyclic) bond motifs is 1. The molecule has 0 spiro atoms. The van der Waals surface area contributed by atoms with Crippen LogP contribution < -0.4 is 0 Å². The van der Waals surface area contributed by atoms with Crippen LogP contribution in [0.5, 0.6) is 0 Å². The maximum atomic E-state index is 12.2. The van der Waals surface area contributed by atoms with Crippen LogP contribution in [0.2, 0.25) is 5.02 Å². The number of amides is 1. The number of benzene rings is 2. The Bertz CT molecular complexity index is 1000. The zero-order valence-electron chi connectivity index (χ0n) is 15.3. The highest BCUT2D eigenvalue weighted by Gasteiger charge is 2.32. The highest BCUT2D eigenvalue weighted by molar-refractivity contribution is 8.00. The van der Waals surface area contributed by atoms with Gasteiger partial charge in [-0.2, -0.15) is 0 Å². The van der Waals surface area contributed by atoms with Gasteiger partial charge in [0.2, 0.25) is 0 Å². The maximum Gasteiger partial charge on any atom is 0.316 e. The van der Waals surface area contributed by atoms with Crippen molar-refractivity contribution in [3.05, 3.63) is 41.4 Å². The Morgan fingerprint density at radius 3 is 2.64 bits per heavy atom. The highest BCUT2D eigenvalue weighted by atomic mass is 35.5. The summed E-state index contributed by atoms with van der Waals surface area (Å²) in [5, 5.41) is 2.47. The van der Waals surface area contributed by atoms with Gasteiger partial charge in [-0.1, -0.05) is 35.9 Å². The Labute approximate surface area is 173 Å². The standard InChI is InChI=1S/C19H20ClNO5S2/c1-21(14-8-9-28(24,25)12-14)17(22)10-26-18(23)11-27-16-7-3-5-13-4-2-6-15(20)19(13)16/h2-7,14H,8-12H2,1H3. The van der Waals surface area contributed by atoms with Crippen LogP contribution >= 0.6 is 23.4 Å². The van der Waals surface area contributed by atoms with E-state index < -0.39 is 28.3 Å². The number of esters is 1. The van der Waals surface area contributed by atoms with Gasteiger partial charge in [0.05, 0.1) is 17.3 Å². The zero-order chi connectivity index (χ0) is 20.3. The molecular weight excluding hydrogens is 422 g/mol. The summed E-state index contributed by atoms with van der Waals surface area (Å²) in [6.07, 6.45) is 0.413. The van der Waals surface area contributed by atoms with Crippen molar-refractivity contribution < 1.29 is 22.7 Å². The number of sulfone groups is 1. The van der Waals surface area contributed by atoms with Crippen LogP contribution in [-0.2, 0) is 24.2 Å². The largest absolute Gasteiger partial charge is 0.455 e. The predicted molar refractivity (Wildman–Crippen MR) is 110 cm³/mol. The first-order valence-corrected chi connectivity index (χ1v) is 11.9. The van der Waals surface area contributed by atoms with Crippen molar-refractivity contribution in [2.75, 3.05) is 30.9 Å². The number of likely N-dealkylation sites (N-methyl/N-ethyl adjacent to an activating group) is 1. The molecule has 0 N–H and O–H groups in total. The van der Waals surface area contributed by atoms with E-state index in [4.69, 9.17) is 16.3 Å². The van der Waals surface area contributed by atoms with Gasteiger partial charge in [0.15, 0.2) is 16.4 Å². The van der Waals surface area contributed by atoms with Gasteiger partial charge >= 0.3 is 5.97 Å². The average molecular weight is 442 g/mol. The van der Waals surface area contributed by atoms with Crippen molar-refractivity contribution in [3.63, 3.8) is 0 Å². The van der Waals surface area contributed by atoms with Crippen LogP contribution in [0.25, 0.3) is 10.8 Å². The van der Waals surface area contributed by atoms with Gasteiger partial charge in [0, 0.05) is 28.4 Å². The van der Waals surface area contributed by atoms with Gasteiger partial charge in [0.25, 0.3) is 5.91 Å². The number of halogens is 1. The smallest absolute Gasteiger partial charge is 0.316 e. The van der Waals surface area contributed by atoms with Crippen LogP contribution in [0, 0.1) is 0 Å². The summed E-state index contributed by atoms with van der Waals surface area (Å²) in [6.45, 7) is -0.400. The third kappa shape index (κ3) is 4.98. The molecule has 28 heavy (non-hydrogen) atoms. The molecule has 2 aromatic rings. The number of hydrogen-bond donors (Lipinski definition) is 0. The Kier molecular flexibility index (Phi) is 6.52. The molecule has 6 nitrogen and oxygen atoms in total. The monoisotopic (exact) mass is 441 g/mol. The number of nitrogens with zero attached hydrogens (tertiary/aromatic N) is 1. The minimum Gasteiger partial charge on any atom is -0.455 e. The summed E-state index contributed by atoms with van der Waals surface area (Å²) in [5.41, 5.74) is 0. The molecule has 3 rings (SSSR count). The fourth-order valence-corrected chi connectivity index (χ4v) is 6.11. The van der Waals surface area contributed by atoms with Crippen LogP contribution in [0.15, 0.2) is 41.3 Å². The summed E-state index contributed by atoms with van der Waals surface area (Å²) in [6, 6.07) is 11.0. The predicted octanol–water partition coefficient (Wildman–Crippen LogP) is 2.77. The molecule has 1 aliphatic rings. The molecule has 0 aromatic heterocycles. The minimum atomic E-state index is -3.08. The molecule has 2 aromatic carbocycles. The molecule has 1 aliphatic heterocycles. The first-order chi connectivity index (χ1) is 13.3. The van der Waals surface area contributed by atoms with Crippen molar-refractivity contribution in [2.45, 2.75) is 17.4 Å². The minimum absolute atomic E-state index is 0.0408. The molecule has 0 aliphatic carbocycles. The van der Waals surface area contributed by atoms with Crippen molar-refractivity contribution in [2.24, 2.45) is 0 Å². The molecule has 0 saturated carbocycles. The van der Waals surface area contributed by atoms with Gasteiger partial charge in [-0.25, -0.2) is 8.42 Å². The van der Waals surface area contributed by atoms with Crippen molar-refractivity contribution in [3.8, 4) is 0 Å². The summed E-state index contributed by atoms with van der Waals surface area (Å²) in [7, 11) is -1.55.